The molecule has 1 fully saturated rings. The number of aromatic amines is 1. The number of anilines is 1. The van der Waals surface area contributed by atoms with Crippen molar-refractivity contribution in [3.63, 3.8) is 0 Å². The third kappa shape index (κ3) is 2.46. The fourth-order valence-corrected chi connectivity index (χ4v) is 3.40. The molecule has 10 nitrogen and oxygen atoms in total. The number of ether oxygens (including phenoxy) is 1. The van der Waals surface area contributed by atoms with Gasteiger partial charge in [-0.2, -0.15) is 4.98 Å². The normalized spacial score (nSPS) is 25.8. The highest BCUT2D eigenvalue weighted by molar-refractivity contribution is 5.77. The summed E-state index contributed by atoms with van der Waals surface area (Å²) in [6, 6.07) is 3.54. The Morgan fingerprint density at radius 1 is 1.50 bits per heavy atom. The SMILES string of the molecule is CC1(n2c(-c3cccnc3)nc3c(=O)[nH]c(N)nc32)CC(O)C(CO)O1. The van der Waals surface area contributed by atoms with E-state index in [1.807, 2.05) is 0 Å². The molecule has 0 amide bonds. The van der Waals surface area contributed by atoms with E-state index in [0.717, 1.165) is 0 Å². The van der Waals surface area contributed by atoms with Crippen molar-refractivity contribution < 1.29 is 14.9 Å². The molecule has 1 aliphatic heterocycles. The quantitative estimate of drug-likeness (QED) is 0.492. The van der Waals surface area contributed by atoms with E-state index >= 15 is 0 Å². The fourth-order valence-electron chi connectivity index (χ4n) is 3.40. The van der Waals surface area contributed by atoms with Crippen LogP contribution < -0.4 is 11.3 Å². The highest BCUT2D eigenvalue weighted by Gasteiger charge is 2.46. The first-order valence-electron chi connectivity index (χ1n) is 8.09. The van der Waals surface area contributed by atoms with Gasteiger partial charge in [-0.05, 0) is 19.1 Å². The zero-order valence-corrected chi connectivity index (χ0v) is 14.0. The first kappa shape index (κ1) is 16.6. The summed E-state index contributed by atoms with van der Waals surface area (Å²) in [4.78, 5) is 27.5. The highest BCUT2D eigenvalue weighted by atomic mass is 16.6. The van der Waals surface area contributed by atoms with Gasteiger partial charge >= 0.3 is 0 Å². The van der Waals surface area contributed by atoms with E-state index in [1.54, 1.807) is 36.0 Å². The van der Waals surface area contributed by atoms with Crippen LogP contribution in [0.25, 0.3) is 22.6 Å². The number of fused-ring (bicyclic) bond motifs is 1. The van der Waals surface area contributed by atoms with E-state index < -0.39 is 23.5 Å². The number of aromatic nitrogens is 5. The molecular weight excluding hydrogens is 340 g/mol. The molecule has 5 N–H and O–H groups in total. The summed E-state index contributed by atoms with van der Waals surface area (Å²) in [6.07, 6.45) is 1.79. The summed E-state index contributed by atoms with van der Waals surface area (Å²) in [5, 5.41) is 19.7. The number of nitrogens with one attached hydrogen (secondary N) is 1. The minimum absolute atomic E-state index is 0.0535. The molecule has 10 heteroatoms. The maximum absolute atomic E-state index is 12.3. The van der Waals surface area contributed by atoms with Crippen LogP contribution in [0.3, 0.4) is 0 Å². The monoisotopic (exact) mass is 358 g/mol. The second-order valence-electron chi connectivity index (χ2n) is 6.42. The summed E-state index contributed by atoms with van der Waals surface area (Å²) in [7, 11) is 0. The van der Waals surface area contributed by atoms with Crippen LogP contribution in [0.2, 0.25) is 0 Å². The van der Waals surface area contributed by atoms with E-state index in [9.17, 15) is 15.0 Å². The van der Waals surface area contributed by atoms with Gasteiger partial charge in [0.15, 0.2) is 11.2 Å². The van der Waals surface area contributed by atoms with Gasteiger partial charge in [0, 0.05) is 24.4 Å². The predicted molar refractivity (Wildman–Crippen MR) is 92.0 cm³/mol. The molecule has 0 aliphatic carbocycles. The second-order valence-corrected chi connectivity index (χ2v) is 6.42. The van der Waals surface area contributed by atoms with Gasteiger partial charge in [0.2, 0.25) is 5.95 Å². The minimum Gasteiger partial charge on any atom is -0.394 e. The molecule has 0 saturated carbocycles. The maximum Gasteiger partial charge on any atom is 0.280 e. The van der Waals surface area contributed by atoms with Crippen molar-refractivity contribution in [1.82, 2.24) is 24.5 Å². The Kier molecular flexibility index (Phi) is 3.75. The van der Waals surface area contributed by atoms with Crippen LogP contribution in [0, 0.1) is 0 Å². The lowest BCUT2D eigenvalue weighted by Crippen LogP contribution is -2.32. The predicted octanol–water partition coefficient (Wildman–Crippen LogP) is -0.421. The Morgan fingerprint density at radius 2 is 2.31 bits per heavy atom. The number of nitrogens with zero attached hydrogens (tertiary/aromatic N) is 4. The lowest BCUT2D eigenvalue weighted by atomic mass is 10.1. The van der Waals surface area contributed by atoms with Crippen molar-refractivity contribution in [3.05, 3.63) is 34.9 Å². The molecule has 4 heterocycles. The van der Waals surface area contributed by atoms with Crippen LogP contribution in [0.15, 0.2) is 29.3 Å². The first-order chi connectivity index (χ1) is 12.4. The topological polar surface area (TPSA) is 152 Å². The van der Waals surface area contributed by atoms with Crippen LogP contribution in [-0.4, -0.2) is 53.5 Å². The molecule has 1 aliphatic rings. The summed E-state index contributed by atoms with van der Waals surface area (Å²) < 4.78 is 7.54. The average molecular weight is 358 g/mol. The van der Waals surface area contributed by atoms with Crippen LogP contribution in [0.5, 0.6) is 0 Å². The van der Waals surface area contributed by atoms with Gasteiger partial charge in [-0.3, -0.25) is 19.3 Å². The van der Waals surface area contributed by atoms with Crippen LogP contribution >= 0.6 is 0 Å². The number of aliphatic hydroxyl groups is 2. The van der Waals surface area contributed by atoms with Crippen LogP contribution in [0.1, 0.15) is 13.3 Å². The van der Waals surface area contributed by atoms with E-state index in [2.05, 4.69) is 19.9 Å². The van der Waals surface area contributed by atoms with Gasteiger partial charge in [0.05, 0.1) is 12.7 Å². The Balaban J connectivity index is 2.02. The van der Waals surface area contributed by atoms with Gasteiger partial charge in [-0.25, -0.2) is 4.98 Å². The lowest BCUT2D eigenvalue weighted by Gasteiger charge is -2.28. The molecule has 0 spiro atoms. The largest absolute Gasteiger partial charge is 0.394 e. The molecule has 3 aromatic heterocycles. The molecule has 3 unspecified atom stereocenters. The summed E-state index contributed by atoms with van der Waals surface area (Å²) >= 11 is 0. The van der Waals surface area contributed by atoms with E-state index in [0.29, 0.717) is 11.4 Å². The summed E-state index contributed by atoms with van der Waals surface area (Å²) in [5.74, 6) is 0.354. The van der Waals surface area contributed by atoms with Crippen molar-refractivity contribution in [2.24, 2.45) is 0 Å². The zero-order valence-electron chi connectivity index (χ0n) is 14.0. The highest BCUT2D eigenvalue weighted by Crippen LogP contribution is 2.39. The number of nitrogen functional groups attached to an aromatic ring is 1. The van der Waals surface area contributed by atoms with Gasteiger partial charge in [-0.15, -0.1) is 0 Å². The molecule has 4 rings (SSSR count). The lowest BCUT2D eigenvalue weighted by molar-refractivity contribution is -0.102. The van der Waals surface area contributed by atoms with Gasteiger partial charge in [0.1, 0.15) is 17.7 Å². The number of aliphatic hydroxyl groups excluding tert-OH is 2. The van der Waals surface area contributed by atoms with Gasteiger partial charge in [0.25, 0.3) is 5.56 Å². The third-order valence-electron chi connectivity index (χ3n) is 4.53. The van der Waals surface area contributed by atoms with Crippen LogP contribution in [-0.2, 0) is 10.5 Å². The maximum atomic E-state index is 12.3. The van der Waals surface area contributed by atoms with E-state index in [1.165, 1.54) is 0 Å². The molecule has 0 aromatic carbocycles. The van der Waals surface area contributed by atoms with Gasteiger partial charge < -0.3 is 20.7 Å². The standard InChI is InChI=1S/C16H18N6O4/c1-16(5-9(24)10(7-23)26-16)22-12(8-3-2-4-18-6-8)19-11-13(22)20-15(17)21-14(11)25/h2-4,6,9-10,23-24H,5,7H2,1H3,(H3,17,20,21,25). The number of pyridine rings is 1. The molecule has 1 saturated heterocycles. The van der Waals surface area contributed by atoms with E-state index in [4.69, 9.17) is 10.5 Å². The van der Waals surface area contributed by atoms with Crippen molar-refractivity contribution in [2.75, 3.05) is 12.3 Å². The summed E-state index contributed by atoms with van der Waals surface area (Å²) in [5.41, 5.74) is 5.14. The smallest absolute Gasteiger partial charge is 0.280 e. The van der Waals surface area contributed by atoms with E-state index in [-0.39, 0.29) is 30.1 Å². The molecular formula is C16H18N6O4. The second kappa shape index (κ2) is 5.87. The van der Waals surface area contributed by atoms with Crippen molar-refractivity contribution in [2.45, 2.75) is 31.3 Å². The zero-order chi connectivity index (χ0) is 18.5. The van der Waals surface area contributed by atoms with Crippen molar-refractivity contribution in [3.8, 4) is 11.4 Å². The summed E-state index contributed by atoms with van der Waals surface area (Å²) in [6.45, 7) is 1.41. The molecule has 3 aromatic rings. The Hall–Kier alpha value is -2.82. The Bertz CT molecular complexity index is 1020. The van der Waals surface area contributed by atoms with Crippen molar-refractivity contribution in [1.29, 1.82) is 0 Å². The minimum atomic E-state index is -1.08. The molecule has 3 atom stereocenters. The number of hydrogen-bond donors (Lipinski definition) is 4. The number of nitrogens with two attached hydrogens (primary N) is 1. The average Bonchev–Trinajstić information content (AvgIpc) is 3.14. The number of H-pyrrole nitrogens is 1. The number of rotatable bonds is 3. The Labute approximate surface area is 147 Å². The molecule has 0 bridgehead atoms. The Morgan fingerprint density at radius 3 is 2.96 bits per heavy atom. The third-order valence-corrected chi connectivity index (χ3v) is 4.53. The molecule has 0 radical (unpaired) electrons. The number of imidazole rings is 1. The van der Waals surface area contributed by atoms with Gasteiger partial charge in [-0.1, -0.05) is 0 Å². The fraction of sp³-hybridized carbons (Fsp3) is 0.375. The molecule has 26 heavy (non-hydrogen) atoms. The molecule has 136 valence electrons. The van der Waals surface area contributed by atoms with Crippen molar-refractivity contribution >= 4 is 17.1 Å². The first-order valence-corrected chi connectivity index (χ1v) is 8.09. The van der Waals surface area contributed by atoms with Crippen LogP contribution in [0.4, 0.5) is 5.95 Å². The number of hydrogen-bond acceptors (Lipinski definition) is 8.